The Kier molecular flexibility index (Phi) is 3.76. The Bertz CT molecular complexity index is 578. The topological polar surface area (TPSA) is 43.4 Å². The van der Waals surface area contributed by atoms with Crippen molar-refractivity contribution in [3.63, 3.8) is 0 Å². The highest BCUT2D eigenvalue weighted by molar-refractivity contribution is 7.94. The third kappa shape index (κ3) is 3.47. The summed E-state index contributed by atoms with van der Waals surface area (Å²) in [6.07, 6.45) is 5.90. The quantitative estimate of drug-likeness (QED) is 0.620. The molecule has 1 aromatic carbocycles. The third-order valence-electron chi connectivity index (χ3n) is 2.62. The van der Waals surface area contributed by atoms with Crippen molar-refractivity contribution in [2.75, 3.05) is 0 Å². The molecule has 18 heavy (non-hydrogen) atoms. The molecule has 2 rings (SSSR count). The van der Waals surface area contributed by atoms with E-state index in [4.69, 9.17) is 6.11 Å². The van der Waals surface area contributed by atoms with Gasteiger partial charge in [-0.2, -0.15) is 0 Å². The molecule has 4 heteroatoms. The Hall–Kier alpha value is -1.55. The minimum Gasteiger partial charge on any atom is -0.493 e. The van der Waals surface area contributed by atoms with Crippen molar-refractivity contribution in [2.24, 2.45) is 0 Å². The molecule has 0 radical (unpaired) electrons. The predicted octanol–water partition coefficient (Wildman–Crippen LogP) is 3.06. The number of sulfone groups is 1. The summed E-state index contributed by atoms with van der Waals surface area (Å²) in [5.74, 6) is 0. The summed E-state index contributed by atoms with van der Waals surface area (Å²) in [4.78, 5) is 0.216. The highest BCUT2D eigenvalue weighted by Gasteiger charge is 2.10. The standard InChI is InChI=1S/C14H16O3S/c15-18(16,14-9-5-2-6-10-14)12-11-17-13-7-3-1-4-8-13/h2-3,5-7,9-13H,1,4,8H2/b12-11+/i13D. The Morgan fingerprint density at radius 3 is 2.78 bits per heavy atom. The van der Waals surface area contributed by atoms with Crippen molar-refractivity contribution in [3.05, 3.63) is 54.2 Å². The van der Waals surface area contributed by atoms with Gasteiger partial charge in [0.25, 0.3) is 0 Å². The van der Waals surface area contributed by atoms with Gasteiger partial charge in [-0.3, -0.25) is 0 Å². The van der Waals surface area contributed by atoms with Crippen LogP contribution >= 0.6 is 0 Å². The van der Waals surface area contributed by atoms with E-state index in [9.17, 15) is 8.42 Å². The van der Waals surface area contributed by atoms with E-state index < -0.39 is 15.9 Å². The lowest BCUT2D eigenvalue weighted by molar-refractivity contribution is 0.171. The monoisotopic (exact) mass is 265 g/mol. The molecule has 0 saturated carbocycles. The molecular weight excluding hydrogens is 248 g/mol. The fourth-order valence-corrected chi connectivity index (χ4v) is 2.56. The number of hydrogen-bond donors (Lipinski definition) is 0. The first-order valence-corrected chi connectivity index (χ1v) is 7.39. The van der Waals surface area contributed by atoms with E-state index in [-0.39, 0.29) is 4.90 Å². The fourth-order valence-electron chi connectivity index (χ4n) is 1.67. The second-order valence-electron chi connectivity index (χ2n) is 4.01. The van der Waals surface area contributed by atoms with E-state index >= 15 is 0 Å². The first kappa shape index (κ1) is 11.5. The number of rotatable bonds is 4. The van der Waals surface area contributed by atoms with Gasteiger partial charge in [0.15, 0.2) is 0 Å². The zero-order chi connectivity index (χ0) is 13.8. The molecule has 0 N–H and O–H groups in total. The van der Waals surface area contributed by atoms with Gasteiger partial charge in [-0.15, -0.1) is 0 Å². The smallest absolute Gasteiger partial charge is 0.202 e. The molecule has 96 valence electrons. The lowest BCUT2D eigenvalue weighted by atomic mass is 10.1. The van der Waals surface area contributed by atoms with E-state index in [1.165, 1.54) is 12.1 Å². The van der Waals surface area contributed by atoms with Crippen molar-refractivity contribution in [2.45, 2.75) is 30.2 Å². The summed E-state index contributed by atoms with van der Waals surface area (Å²) < 4.78 is 37.1. The minimum absolute atomic E-state index is 0.216. The van der Waals surface area contributed by atoms with E-state index in [2.05, 4.69) is 0 Å². The van der Waals surface area contributed by atoms with Crippen molar-refractivity contribution >= 4 is 9.84 Å². The molecule has 1 unspecified atom stereocenters. The minimum atomic E-state index is -3.50. The molecule has 3 nitrogen and oxygen atoms in total. The molecule has 0 spiro atoms. The van der Waals surface area contributed by atoms with Crippen molar-refractivity contribution in [1.29, 1.82) is 0 Å². The largest absolute Gasteiger partial charge is 0.493 e. The zero-order valence-corrected chi connectivity index (χ0v) is 10.8. The van der Waals surface area contributed by atoms with E-state index in [1.54, 1.807) is 24.3 Å². The normalized spacial score (nSPS) is 25.0. The van der Waals surface area contributed by atoms with Crippen molar-refractivity contribution in [3.8, 4) is 0 Å². The SMILES string of the molecule is [2H]C1(O/C=C/S(=O)(=O)c2ccccc2)C=CCCC1. The van der Waals surface area contributed by atoms with Gasteiger partial charge >= 0.3 is 0 Å². The second-order valence-corrected chi connectivity index (χ2v) is 5.84. The van der Waals surface area contributed by atoms with Crippen LogP contribution in [0, 0.1) is 0 Å². The van der Waals surface area contributed by atoms with Crippen molar-refractivity contribution in [1.82, 2.24) is 0 Å². The molecule has 0 heterocycles. The van der Waals surface area contributed by atoms with Crippen molar-refractivity contribution < 1.29 is 14.5 Å². The van der Waals surface area contributed by atoms with Crippen LogP contribution in [0.1, 0.15) is 20.6 Å². The highest BCUT2D eigenvalue weighted by Crippen LogP contribution is 2.15. The molecular formula is C14H16O3S. The predicted molar refractivity (Wildman–Crippen MR) is 70.6 cm³/mol. The van der Waals surface area contributed by atoms with E-state index in [0.717, 1.165) is 24.5 Å². The fraction of sp³-hybridized carbons (Fsp3) is 0.286. The highest BCUT2D eigenvalue weighted by atomic mass is 32.2. The maximum absolute atomic E-state index is 11.9. The zero-order valence-electron chi connectivity index (χ0n) is 11.0. The second kappa shape index (κ2) is 5.87. The maximum atomic E-state index is 11.9. The third-order valence-corrected chi connectivity index (χ3v) is 4.02. The number of benzene rings is 1. The molecule has 0 fully saturated rings. The summed E-state index contributed by atoms with van der Waals surface area (Å²) in [5.41, 5.74) is 0. The summed E-state index contributed by atoms with van der Waals surface area (Å²) in [6.45, 7) is 0. The van der Waals surface area contributed by atoms with E-state index in [0.29, 0.717) is 6.42 Å². The Labute approximate surface area is 109 Å². The molecule has 1 aromatic rings. The molecule has 1 atom stereocenters. The molecule has 0 aromatic heterocycles. The van der Waals surface area contributed by atoms with Crippen LogP contribution in [0.15, 0.2) is 59.0 Å². The molecule has 0 amide bonds. The first-order valence-electron chi connectivity index (χ1n) is 6.34. The van der Waals surface area contributed by atoms with Crippen LogP contribution in [-0.2, 0) is 14.6 Å². The van der Waals surface area contributed by atoms with Crippen LogP contribution < -0.4 is 0 Å². The van der Waals surface area contributed by atoms with E-state index in [1.807, 2.05) is 6.08 Å². The molecule has 0 bridgehead atoms. The van der Waals surface area contributed by atoms with Crippen LogP contribution in [0.5, 0.6) is 0 Å². The lowest BCUT2D eigenvalue weighted by Gasteiger charge is -2.15. The Morgan fingerprint density at radius 1 is 1.33 bits per heavy atom. The van der Waals surface area contributed by atoms with Gasteiger partial charge in [0, 0.05) is 0 Å². The van der Waals surface area contributed by atoms with Crippen LogP contribution in [0.2, 0.25) is 0 Å². The van der Waals surface area contributed by atoms with Gasteiger partial charge < -0.3 is 4.74 Å². The Balaban J connectivity index is 2.07. The summed E-state index contributed by atoms with van der Waals surface area (Å²) in [6, 6.07) is 8.13. The lowest BCUT2D eigenvalue weighted by Crippen LogP contribution is -2.09. The summed E-state index contributed by atoms with van der Waals surface area (Å²) in [5, 5.41) is 1.00. The van der Waals surface area contributed by atoms with Gasteiger partial charge in [0.05, 0.1) is 17.9 Å². The summed E-state index contributed by atoms with van der Waals surface area (Å²) in [7, 11) is -3.50. The molecule has 0 aliphatic heterocycles. The van der Waals surface area contributed by atoms with Gasteiger partial charge in [-0.25, -0.2) is 8.42 Å². The Morgan fingerprint density at radius 2 is 2.11 bits per heavy atom. The summed E-state index contributed by atoms with van der Waals surface area (Å²) >= 11 is 0. The molecule has 1 aliphatic rings. The van der Waals surface area contributed by atoms with Crippen LogP contribution in [0.4, 0.5) is 0 Å². The number of ether oxygens (including phenoxy) is 1. The molecule has 0 saturated heterocycles. The first-order chi connectivity index (χ1) is 9.02. The van der Waals surface area contributed by atoms with Gasteiger partial charge in [0.2, 0.25) is 9.84 Å². The average molecular weight is 265 g/mol. The van der Waals surface area contributed by atoms with Gasteiger partial charge in [-0.05, 0) is 37.5 Å². The molecule has 1 aliphatic carbocycles. The van der Waals surface area contributed by atoms with Crippen LogP contribution in [-0.4, -0.2) is 14.5 Å². The van der Waals surface area contributed by atoms with Crippen LogP contribution in [0.3, 0.4) is 0 Å². The average Bonchev–Trinajstić information content (AvgIpc) is 2.40. The number of hydrogen-bond acceptors (Lipinski definition) is 3. The maximum Gasteiger partial charge on any atom is 0.202 e. The van der Waals surface area contributed by atoms with Crippen LogP contribution in [0.25, 0.3) is 0 Å². The van der Waals surface area contributed by atoms with Gasteiger partial charge in [-0.1, -0.05) is 24.3 Å². The number of allylic oxidation sites excluding steroid dienone is 1. The van der Waals surface area contributed by atoms with Gasteiger partial charge in [0.1, 0.15) is 6.08 Å².